The summed E-state index contributed by atoms with van der Waals surface area (Å²) in [6, 6.07) is 0.0631. The summed E-state index contributed by atoms with van der Waals surface area (Å²) in [5.74, 6) is 0.651. The molecule has 0 unspecified atom stereocenters. The van der Waals surface area contributed by atoms with Crippen molar-refractivity contribution in [2.45, 2.75) is 38.6 Å². The van der Waals surface area contributed by atoms with Gasteiger partial charge in [0.1, 0.15) is 0 Å². The monoisotopic (exact) mass is 297 g/mol. The Morgan fingerprint density at radius 3 is 2.44 bits per heavy atom. The van der Waals surface area contributed by atoms with E-state index < -0.39 is 10.2 Å². The van der Waals surface area contributed by atoms with Gasteiger partial charge in [0.25, 0.3) is 10.2 Å². The van der Waals surface area contributed by atoms with Crippen LogP contribution in [0.2, 0.25) is 0 Å². The summed E-state index contributed by atoms with van der Waals surface area (Å²) in [5, 5.41) is 3.22. The topological polar surface area (TPSA) is 61.4 Å². The average molecular weight is 298 g/mol. The number of hydrogen-bond donors (Lipinski definition) is 2. The van der Waals surface area contributed by atoms with E-state index in [0.717, 1.165) is 38.8 Å². The van der Waals surface area contributed by atoms with Gasteiger partial charge in [-0.25, -0.2) is 0 Å². The number of piperidine rings is 2. The van der Waals surface area contributed by atoms with Gasteiger partial charge in [-0.2, -0.15) is 17.4 Å². The van der Waals surface area contributed by atoms with E-state index in [4.69, 9.17) is 0 Å². The lowest BCUT2D eigenvalue weighted by Crippen LogP contribution is -2.52. The molecule has 0 amide bonds. The summed E-state index contributed by atoms with van der Waals surface area (Å²) in [7, 11) is -3.26. The van der Waals surface area contributed by atoms with Crippen LogP contribution in [0.25, 0.3) is 0 Å². The second kappa shape index (κ2) is 7.05. The standard InChI is InChI=1S/C11H23N3O2S.ClH/c1-10-4-7-14(8-5-10)17(15,16)13-11-3-2-6-12-9-11;/h10-13H,2-9H2,1H3;1H/t11-;/m0./s1. The summed E-state index contributed by atoms with van der Waals surface area (Å²) < 4.78 is 28.7. The minimum Gasteiger partial charge on any atom is -0.315 e. The second-order valence-corrected chi connectivity index (χ2v) is 6.95. The summed E-state index contributed by atoms with van der Waals surface area (Å²) in [6.45, 7) is 5.26. The smallest absolute Gasteiger partial charge is 0.279 e. The van der Waals surface area contributed by atoms with Gasteiger partial charge in [-0.3, -0.25) is 0 Å². The number of nitrogens with zero attached hydrogens (tertiary/aromatic N) is 1. The minimum atomic E-state index is -3.26. The zero-order chi connectivity index (χ0) is 12.3. The quantitative estimate of drug-likeness (QED) is 0.807. The van der Waals surface area contributed by atoms with Crippen LogP contribution in [0.5, 0.6) is 0 Å². The largest absolute Gasteiger partial charge is 0.315 e. The molecule has 2 aliphatic rings. The number of hydrogen-bond acceptors (Lipinski definition) is 3. The predicted octanol–water partition coefficient (Wildman–Crippen LogP) is 0.726. The first-order chi connectivity index (χ1) is 8.08. The van der Waals surface area contributed by atoms with Crippen LogP contribution in [-0.2, 0) is 10.2 Å². The Morgan fingerprint density at radius 2 is 1.89 bits per heavy atom. The molecular weight excluding hydrogens is 274 g/mol. The van der Waals surface area contributed by atoms with Gasteiger partial charge in [0.15, 0.2) is 0 Å². The van der Waals surface area contributed by atoms with Crippen molar-refractivity contribution in [1.29, 1.82) is 0 Å². The Balaban J connectivity index is 0.00000162. The van der Waals surface area contributed by atoms with E-state index in [-0.39, 0.29) is 18.4 Å². The van der Waals surface area contributed by atoms with Crippen molar-refractivity contribution >= 4 is 22.6 Å². The molecular formula is C11H24ClN3O2S. The predicted molar refractivity (Wildman–Crippen MR) is 75.2 cm³/mol. The summed E-state index contributed by atoms with van der Waals surface area (Å²) in [5.41, 5.74) is 0. The van der Waals surface area contributed by atoms with Gasteiger partial charge in [0.05, 0.1) is 0 Å². The van der Waals surface area contributed by atoms with E-state index in [1.807, 2.05) is 0 Å². The van der Waals surface area contributed by atoms with Crippen LogP contribution in [0.15, 0.2) is 0 Å². The molecule has 7 heteroatoms. The Bertz CT molecular complexity index is 336. The van der Waals surface area contributed by atoms with Crippen molar-refractivity contribution in [2.75, 3.05) is 26.2 Å². The lowest BCUT2D eigenvalue weighted by Gasteiger charge is -2.32. The molecule has 2 aliphatic heterocycles. The molecule has 0 saturated carbocycles. The summed E-state index contributed by atoms with van der Waals surface area (Å²) in [6.07, 6.45) is 3.94. The third kappa shape index (κ3) is 4.35. The molecule has 5 nitrogen and oxygen atoms in total. The first-order valence-corrected chi connectivity index (χ1v) is 8.00. The van der Waals surface area contributed by atoms with E-state index in [2.05, 4.69) is 17.0 Å². The zero-order valence-electron chi connectivity index (χ0n) is 10.9. The van der Waals surface area contributed by atoms with Crippen LogP contribution in [0.4, 0.5) is 0 Å². The van der Waals surface area contributed by atoms with E-state index in [0.29, 0.717) is 19.0 Å². The van der Waals surface area contributed by atoms with E-state index in [1.165, 1.54) is 0 Å². The molecule has 2 rings (SSSR count). The second-order valence-electron chi connectivity index (χ2n) is 5.25. The molecule has 2 saturated heterocycles. The lowest BCUT2D eigenvalue weighted by molar-refractivity contribution is 0.281. The number of nitrogens with one attached hydrogen (secondary N) is 2. The first kappa shape index (κ1) is 16.2. The van der Waals surface area contributed by atoms with Crippen molar-refractivity contribution in [3.8, 4) is 0 Å². The van der Waals surface area contributed by atoms with Crippen molar-refractivity contribution in [3.05, 3.63) is 0 Å². The minimum absolute atomic E-state index is 0. The number of rotatable bonds is 3. The van der Waals surface area contributed by atoms with Crippen molar-refractivity contribution in [3.63, 3.8) is 0 Å². The van der Waals surface area contributed by atoms with Crippen LogP contribution in [0.1, 0.15) is 32.6 Å². The molecule has 2 fully saturated rings. The normalized spacial score (nSPS) is 27.7. The van der Waals surface area contributed by atoms with Crippen LogP contribution in [-0.4, -0.2) is 44.9 Å². The van der Waals surface area contributed by atoms with Crippen molar-refractivity contribution in [1.82, 2.24) is 14.3 Å². The Morgan fingerprint density at radius 1 is 1.22 bits per heavy atom. The third-order valence-electron chi connectivity index (χ3n) is 3.69. The molecule has 0 spiro atoms. The van der Waals surface area contributed by atoms with E-state index in [9.17, 15) is 8.42 Å². The molecule has 18 heavy (non-hydrogen) atoms. The van der Waals surface area contributed by atoms with Gasteiger partial charge in [0.2, 0.25) is 0 Å². The van der Waals surface area contributed by atoms with Gasteiger partial charge in [-0.1, -0.05) is 6.92 Å². The van der Waals surface area contributed by atoms with Gasteiger partial charge in [0, 0.05) is 25.7 Å². The van der Waals surface area contributed by atoms with Gasteiger partial charge in [-0.15, -0.1) is 12.4 Å². The van der Waals surface area contributed by atoms with Crippen molar-refractivity contribution in [2.24, 2.45) is 5.92 Å². The highest BCUT2D eigenvalue weighted by Gasteiger charge is 2.28. The Kier molecular flexibility index (Phi) is 6.34. The van der Waals surface area contributed by atoms with Gasteiger partial charge < -0.3 is 5.32 Å². The fraction of sp³-hybridized carbons (Fsp3) is 1.00. The van der Waals surface area contributed by atoms with Crippen LogP contribution < -0.4 is 10.0 Å². The first-order valence-electron chi connectivity index (χ1n) is 6.56. The Labute approximate surface area is 116 Å². The highest BCUT2D eigenvalue weighted by Crippen LogP contribution is 2.18. The van der Waals surface area contributed by atoms with Crippen molar-refractivity contribution < 1.29 is 8.42 Å². The SMILES string of the molecule is CC1CCN(S(=O)(=O)N[C@H]2CCCNC2)CC1.Cl. The fourth-order valence-corrected chi connectivity index (χ4v) is 3.93. The van der Waals surface area contributed by atoms with E-state index >= 15 is 0 Å². The van der Waals surface area contributed by atoms with Gasteiger partial charge >= 0.3 is 0 Å². The highest BCUT2D eigenvalue weighted by molar-refractivity contribution is 7.87. The van der Waals surface area contributed by atoms with Crippen LogP contribution in [0, 0.1) is 5.92 Å². The summed E-state index contributed by atoms with van der Waals surface area (Å²) in [4.78, 5) is 0. The van der Waals surface area contributed by atoms with Crippen LogP contribution in [0.3, 0.4) is 0 Å². The fourth-order valence-electron chi connectivity index (χ4n) is 2.46. The van der Waals surface area contributed by atoms with Crippen LogP contribution >= 0.6 is 12.4 Å². The maximum atomic E-state index is 12.1. The molecule has 108 valence electrons. The molecule has 0 radical (unpaired) electrons. The highest BCUT2D eigenvalue weighted by atomic mass is 35.5. The molecule has 2 N–H and O–H groups in total. The maximum Gasteiger partial charge on any atom is 0.279 e. The zero-order valence-corrected chi connectivity index (χ0v) is 12.5. The molecule has 0 aromatic rings. The molecule has 0 aromatic heterocycles. The Hall–Kier alpha value is 0.120. The molecule has 2 heterocycles. The molecule has 0 aromatic carbocycles. The third-order valence-corrected chi connectivity index (χ3v) is 5.37. The molecule has 0 bridgehead atoms. The summed E-state index contributed by atoms with van der Waals surface area (Å²) >= 11 is 0. The number of halogens is 1. The van der Waals surface area contributed by atoms with E-state index in [1.54, 1.807) is 4.31 Å². The maximum absolute atomic E-state index is 12.1. The van der Waals surface area contributed by atoms with Gasteiger partial charge in [-0.05, 0) is 38.1 Å². The lowest BCUT2D eigenvalue weighted by atomic mass is 10.0. The molecule has 0 aliphatic carbocycles. The molecule has 1 atom stereocenters. The average Bonchev–Trinajstić information content (AvgIpc) is 2.30.